The average molecular weight is 366 g/mol. The van der Waals surface area contributed by atoms with Crippen LogP contribution in [0.1, 0.15) is 26.5 Å². The first-order chi connectivity index (χ1) is 13.2. The van der Waals surface area contributed by atoms with Crippen LogP contribution in [0.5, 0.6) is 0 Å². The first-order valence-corrected chi connectivity index (χ1v) is 8.13. The summed E-state index contributed by atoms with van der Waals surface area (Å²) in [7, 11) is 2.81. The number of hydrogen-bond donors (Lipinski definition) is 1. The van der Waals surface area contributed by atoms with E-state index in [1.54, 1.807) is 28.9 Å². The third-order valence-electron chi connectivity index (χ3n) is 3.84. The lowest BCUT2D eigenvalue weighted by Gasteiger charge is -2.10. The minimum absolute atomic E-state index is 0.111. The molecule has 0 aliphatic rings. The van der Waals surface area contributed by atoms with Crippen LogP contribution in [0.3, 0.4) is 0 Å². The molecule has 0 aliphatic carbocycles. The largest absolute Gasteiger partial charge is 0.465 e. The van der Waals surface area contributed by atoms with Gasteiger partial charge in [-0.1, -0.05) is 35.5 Å². The van der Waals surface area contributed by atoms with Gasteiger partial charge < -0.3 is 14.8 Å². The van der Waals surface area contributed by atoms with Gasteiger partial charge in [-0.05, 0) is 24.3 Å². The fraction of sp³-hybridized carbons (Fsp3) is 0.158. The molecule has 0 fully saturated rings. The van der Waals surface area contributed by atoms with E-state index in [0.717, 1.165) is 5.69 Å². The van der Waals surface area contributed by atoms with Crippen molar-refractivity contribution in [1.82, 2.24) is 15.0 Å². The van der Waals surface area contributed by atoms with Gasteiger partial charge in [-0.3, -0.25) is 4.79 Å². The summed E-state index contributed by atoms with van der Waals surface area (Å²) >= 11 is 0. The molecule has 3 aromatic rings. The second kappa shape index (κ2) is 8.24. The summed E-state index contributed by atoms with van der Waals surface area (Å²) in [5, 5.41) is 10.8. The third kappa shape index (κ3) is 3.85. The highest BCUT2D eigenvalue weighted by Gasteiger charge is 2.22. The Labute approximate surface area is 155 Å². The highest BCUT2D eigenvalue weighted by molar-refractivity contribution is 6.07. The average Bonchev–Trinajstić information content (AvgIpc) is 3.12. The van der Waals surface area contributed by atoms with E-state index in [4.69, 9.17) is 9.47 Å². The molecule has 1 amide bonds. The molecule has 0 unspecified atom stereocenters. The monoisotopic (exact) mass is 366 g/mol. The van der Waals surface area contributed by atoms with Gasteiger partial charge in [-0.15, -0.1) is 5.10 Å². The van der Waals surface area contributed by atoms with Crippen molar-refractivity contribution in [1.29, 1.82) is 0 Å². The summed E-state index contributed by atoms with van der Waals surface area (Å²) in [6, 6.07) is 15.9. The number of esters is 1. The van der Waals surface area contributed by atoms with Crippen molar-refractivity contribution in [3.8, 4) is 5.69 Å². The lowest BCUT2D eigenvalue weighted by Crippen LogP contribution is -2.18. The fourth-order valence-electron chi connectivity index (χ4n) is 2.58. The van der Waals surface area contributed by atoms with Crippen molar-refractivity contribution < 1.29 is 19.1 Å². The van der Waals surface area contributed by atoms with Crippen LogP contribution in [0.25, 0.3) is 5.69 Å². The van der Waals surface area contributed by atoms with E-state index < -0.39 is 11.9 Å². The van der Waals surface area contributed by atoms with E-state index in [9.17, 15) is 9.59 Å². The third-order valence-corrected chi connectivity index (χ3v) is 3.84. The standard InChI is InChI=1S/C19H18N4O4/c1-26-12-16-17(21-22-23(16)13-8-4-3-5-9-13)18(24)20-15-11-7-6-10-14(15)19(25)27-2/h3-11H,12H2,1-2H3,(H,20,24). The Morgan fingerprint density at radius 3 is 2.44 bits per heavy atom. The van der Waals surface area contributed by atoms with Gasteiger partial charge >= 0.3 is 5.97 Å². The molecule has 0 saturated heterocycles. The number of benzene rings is 2. The van der Waals surface area contributed by atoms with Crippen LogP contribution in [0.2, 0.25) is 0 Å². The van der Waals surface area contributed by atoms with Crippen molar-refractivity contribution in [2.24, 2.45) is 0 Å². The number of aromatic nitrogens is 3. The van der Waals surface area contributed by atoms with Crippen molar-refractivity contribution in [3.05, 3.63) is 71.5 Å². The molecule has 0 radical (unpaired) electrons. The number of carbonyl (C=O) groups is 2. The number of ether oxygens (including phenoxy) is 2. The molecule has 1 heterocycles. The number of hydrogen-bond acceptors (Lipinski definition) is 6. The molecule has 1 N–H and O–H groups in total. The second-order valence-corrected chi connectivity index (χ2v) is 5.56. The molecular weight excluding hydrogens is 348 g/mol. The number of anilines is 1. The Morgan fingerprint density at radius 2 is 1.74 bits per heavy atom. The van der Waals surface area contributed by atoms with E-state index in [2.05, 4.69) is 15.6 Å². The maximum absolute atomic E-state index is 12.8. The molecule has 8 nitrogen and oxygen atoms in total. The summed E-state index contributed by atoms with van der Waals surface area (Å²) in [5.74, 6) is -1.04. The quantitative estimate of drug-likeness (QED) is 0.673. The molecule has 27 heavy (non-hydrogen) atoms. The fourth-order valence-corrected chi connectivity index (χ4v) is 2.58. The van der Waals surface area contributed by atoms with Gasteiger partial charge in [-0.2, -0.15) is 0 Å². The van der Waals surface area contributed by atoms with Crippen LogP contribution in [0, 0.1) is 0 Å². The predicted molar refractivity (Wildman–Crippen MR) is 97.8 cm³/mol. The van der Waals surface area contributed by atoms with Crippen molar-refractivity contribution in [2.45, 2.75) is 6.61 Å². The van der Waals surface area contributed by atoms with Gasteiger partial charge in [0.1, 0.15) is 5.69 Å². The molecule has 0 aliphatic heterocycles. The number of rotatable bonds is 6. The number of nitrogens with zero attached hydrogens (tertiary/aromatic N) is 3. The zero-order valence-electron chi connectivity index (χ0n) is 14.9. The van der Waals surface area contributed by atoms with E-state index in [1.165, 1.54) is 14.2 Å². The van der Waals surface area contributed by atoms with Crippen LogP contribution >= 0.6 is 0 Å². The highest BCUT2D eigenvalue weighted by Crippen LogP contribution is 2.19. The topological polar surface area (TPSA) is 95.3 Å². The zero-order chi connectivity index (χ0) is 19.2. The van der Waals surface area contributed by atoms with Gasteiger partial charge in [0.05, 0.1) is 30.7 Å². The predicted octanol–water partition coefficient (Wildman–Crippen LogP) is 2.45. The van der Waals surface area contributed by atoms with E-state index in [0.29, 0.717) is 11.4 Å². The lowest BCUT2D eigenvalue weighted by molar-refractivity contribution is 0.0602. The van der Waals surface area contributed by atoms with Gasteiger partial charge in [0, 0.05) is 7.11 Å². The van der Waals surface area contributed by atoms with Gasteiger partial charge in [0.15, 0.2) is 5.69 Å². The molecule has 8 heteroatoms. The SMILES string of the molecule is COCc1c(C(=O)Nc2ccccc2C(=O)OC)nnn1-c1ccccc1. The van der Waals surface area contributed by atoms with Crippen LogP contribution in [-0.2, 0) is 16.1 Å². The first kappa shape index (κ1) is 18.3. The Hall–Kier alpha value is -3.52. The summed E-state index contributed by atoms with van der Waals surface area (Å²) in [6.45, 7) is 0.142. The molecule has 0 spiro atoms. The normalized spacial score (nSPS) is 10.4. The summed E-state index contributed by atoms with van der Waals surface area (Å²) in [4.78, 5) is 24.7. The van der Waals surface area contributed by atoms with Gasteiger partial charge in [0.25, 0.3) is 5.91 Å². The maximum Gasteiger partial charge on any atom is 0.339 e. The van der Waals surface area contributed by atoms with Gasteiger partial charge in [0.2, 0.25) is 0 Å². The molecule has 3 rings (SSSR count). The minimum Gasteiger partial charge on any atom is -0.465 e. The Kier molecular flexibility index (Phi) is 5.58. The van der Waals surface area contributed by atoms with Gasteiger partial charge in [-0.25, -0.2) is 9.48 Å². The highest BCUT2D eigenvalue weighted by atomic mass is 16.5. The van der Waals surface area contributed by atoms with Crippen LogP contribution in [0.4, 0.5) is 5.69 Å². The van der Waals surface area contributed by atoms with Crippen LogP contribution in [0.15, 0.2) is 54.6 Å². The smallest absolute Gasteiger partial charge is 0.339 e. The molecule has 2 aromatic carbocycles. The number of methoxy groups -OCH3 is 2. The van der Waals surface area contributed by atoms with Crippen LogP contribution < -0.4 is 5.32 Å². The zero-order valence-corrected chi connectivity index (χ0v) is 14.9. The lowest BCUT2D eigenvalue weighted by atomic mass is 10.1. The molecule has 0 bridgehead atoms. The van der Waals surface area contributed by atoms with Crippen LogP contribution in [-0.4, -0.2) is 41.1 Å². The van der Waals surface area contributed by atoms with Crippen molar-refractivity contribution in [3.63, 3.8) is 0 Å². The Balaban J connectivity index is 1.94. The molecule has 0 atom stereocenters. The summed E-state index contributed by atoms with van der Waals surface area (Å²) in [5.41, 5.74) is 1.94. The molecule has 1 aromatic heterocycles. The molecule has 138 valence electrons. The Morgan fingerprint density at radius 1 is 1.04 bits per heavy atom. The molecule has 0 saturated carbocycles. The van der Waals surface area contributed by atoms with Crippen molar-refractivity contribution in [2.75, 3.05) is 19.5 Å². The number of carbonyl (C=O) groups excluding carboxylic acids is 2. The number of nitrogens with one attached hydrogen (secondary N) is 1. The second-order valence-electron chi connectivity index (χ2n) is 5.56. The van der Waals surface area contributed by atoms with E-state index in [-0.39, 0.29) is 17.9 Å². The van der Waals surface area contributed by atoms with E-state index >= 15 is 0 Å². The summed E-state index contributed by atoms with van der Waals surface area (Å²) in [6.07, 6.45) is 0. The van der Waals surface area contributed by atoms with E-state index in [1.807, 2.05) is 30.3 Å². The minimum atomic E-state index is -0.545. The van der Waals surface area contributed by atoms with Crippen molar-refractivity contribution >= 4 is 17.6 Å². The number of amides is 1. The molecular formula is C19H18N4O4. The first-order valence-electron chi connectivity index (χ1n) is 8.13. The number of para-hydroxylation sites is 2. The maximum atomic E-state index is 12.8. The Bertz CT molecular complexity index is 953. The summed E-state index contributed by atoms with van der Waals surface area (Å²) < 4.78 is 11.5.